The Bertz CT molecular complexity index is 758. The van der Waals surface area contributed by atoms with E-state index >= 15 is 0 Å². The largest absolute Gasteiger partial charge is 0.354 e. The second kappa shape index (κ2) is 8.27. The lowest BCUT2D eigenvalue weighted by Crippen LogP contribution is -2.46. The van der Waals surface area contributed by atoms with Crippen LogP contribution in [0.5, 0.6) is 0 Å². The van der Waals surface area contributed by atoms with E-state index < -0.39 is 9.84 Å². The molecule has 1 saturated carbocycles. The quantitative estimate of drug-likeness (QED) is 0.801. The third kappa shape index (κ3) is 5.08. The van der Waals surface area contributed by atoms with Gasteiger partial charge in [-0.2, -0.15) is 0 Å². The number of amides is 1. The molecular weight excluding hydrogens is 367 g/mol. The van der Waals surface area contributed by atoms with E-state index in [2.05, 4.69) is 5.32 Å². The van der Waals surface area contributed by atoms with E-state index in [9.17, 15) is 17.6 Å². The van der Waals surface area contributed by atoms with Crippen LogP contribution in [0.4, 0.5) is 4.39 Å². The highest BCUT2D eigenvalue weighted by Gasteiger charge is 2.35. The van der Waals surface area contributed by atoms with Gasteiger partial charge in [-0.3, -0.25) is 9.69 Å². The Morgan fingerprint density at radius 2 is 1.89 bits per heavy atom. The Kier molecular flexibility index (Phi) is 6.21. The van der Waals surface area contributed by atoms with Crippen LogP contribution in [0.2, 0.25) is 0 Å². The molecule has 27 heavy (non-hydrogen) atoms. The molecule has 1 aromatic carbocycles. The molecule has 1 aliphatic carbocycles. The van der Waals surface area contributed by atoms with Gasteiger partial charge in [0.25, 0.3) is 0 Å². The second-order valence-electron chi connectivity index (χ2n) is 8.10. The number of sulfone groups is 1. The molecule has 1 atom stereocenters. The van der Waals surface area contributed by atoms with Gasteiger partial charge in [-0.1, -0.05) is 31.4 Å². The topological polar surface area (TPSA) is 66.5 Å². The van der Waals surface area contributed by atoms with Gasteiger partial charge >= 0.3 is 0 Å². The van der Waals surface area contributed by atoms with Crippen LogP contribution in [-0.4, -0.2) is 56.9 Å². The van der Waals surface area contributed by atoms with Crippen molar-refractivity contribution < 1.29 is 17.6 Å². The number of hydrogen-bond donors (Lipinski definition) is 1. The Morgan fingerprint density at radius 1 is 1.22 bits per heavy atom. The predicted octanol–water partition coefficient (Wildman–Crippen LogP) is 2.26. The maximum Gasteiger partial charge on any atom is 0.234 e. The summed E-state index contributed by atoms with van der Waals surface area (Å²) >= 11 is 0. The van der Waals surface area contributed by atoms with Crippen LogP contribution in [0, 0.1) is 5.82 Å². The molecule has 2 fully saturated rings. The zero-order valence-corrected chi connectivity index (χ0v) is 16.7. The molecule has 3 rings (SSSR count). The van der Waals surface area contributed by atoms with Crippen molar-refractivity contribution in [3.05, 3.63) is 35.6 Å². The number of carbonyl (C=O) groups excluding carboxylic acids is 1. The van der Waals surface area contributed by atoms with Gasteiger partial charge in [-0.25, -0.2) is 12.8 Å². The minimum atomic E-state index is -2.96. The normalized spacial score (nSPS) is 24.0. The Hall–Kier alpha value is -1.47. The van der Waals surface area contributed by atoms with Crippen LogP contribution < -0.4 is 5.32 Å². The Labute approximate surface area is 161 Å². The summed E-state index contributed by atoms with van der Waals surface area (Å²) in [5.74, 6) is 0.00360. The molecule has 1 amide bonds. The molecule has 5 nitrogen and oxygen atoms in total. The van der Waals surface area contributed by atoms with Crippen molar-refractivity contribution >= 4 is 15.7 Å². The van der Waals surface area contributed by atoms with Gasteiger partial charge < -0.3 is 5.32 Å². The summed E-state index contributed by atoms with van der Waals surface area (Å²) in [5.41, 5.74) is 0.941. The van der Waals surface area contributed by atoms with Crippen molar-refractivity contribution in [1.82, 2.24) is 10.2 Å². The van der Waals surface area contributed by atoms with Crippen LogP contribution in [0.15, 0.2) is 24.3 Å². The number of likely N-dealkylation sites (N-methyl/N-ethyl adjacent to an activating group) is 1. The maximum atomic E-state index is 13.3. The van der Waals surface area contributed by atoms with E-state index in [0.717, 1.165) is 31.2 Å². The highest BCUT2D eigenvalue weighted by molar-refractivity contribution is 7.91. The molecule has 1 heterocycles. The number of nitrogens with one attached hydrogen (secondary N) is 1. The first kappa shape index (κ1) is 20.3. The van der Waals surface area contributed by atoms with E-state index in [4.69, 9.17) is 0 Å². The van der Waals surface area contributed by atoms with Crippen molar-refractivity contribution in [3.63, 3.8) is 0 Å². The number of carbonyl (C=O) groups is 1. The number of halogens is 1. The van der Waals surface area contributed by atoms with Crippen LogP contribution in [-0.2, 0) is 20.0 Å². The lowest BCUT2D eigenvalue weighted by Gasteiger charge is -2.38. The summed E-state index contributed by atoms with van der Waals surface area (Å²) in [4.78, 5) is 14.3. The minimum absolute atomic E-state index is 0.0820. The molecular formula is C20H29FN2O3S. The van der Waals surface area contributed by atoms with E-state index in [1.165, 1.54) is 18.6 Å². The molecule has 1 aliphatic heterocycles. The van der Waals surface area contributed by atoms with Gasteiger partial charge in [0.2, 0.25) is 5.91 Å². The lowest BCUT2D eigenvalue weighted by atomic mass is 9.69. The fourth-order valence-corrected chi connectivity index (χ4v) is 6.21. The van der Waals surface area contributed by atoms with E-state index in [1.807, 2.05) is 17.0 Å². The SMILES string of the molecule is CN(CC(=O)NCC1(c2ccc(F)cc2)CCCCC1)C1CCS(=O)(=O)C1. The van der Waals surface area contributed by atoms with Crippen molar-refractivity contribution in [2.24, 2.45) is 0 Å². The molecule has 150 valence electrons. The first-order valence-electron chi connectivity index (χ1n) is 9.73. The maximum absolute atomic E-state index is 13.3. The van der Waals surface area contributed by atoms with E-state index in [-0.39, 0.29) is 41.2 Å². The fourth-order valence-electron chi connectivity index (χ4n) is 4.40. The summed E-state index contributed by atoms with van der Waals surface area (Å²) in [6, 6.07) is 6.57. The number of nitrogens with zero attached hydrogens (tertiary/aromatic N) is 1. The zero-order valence-electron chi connectivity index (χ0n) is 15.9. The van der Waals surface area contributed by atoms with Gasteiger partial charge in [-0.15, -0.1) is 0 Å². The van der Waals surface area contributed by atoms with Gasteiger partial charge in [0, 0.05) is 18.0 Å². The van der Waals surface area contributed by atoms with Gasteiger partial charge in [-0.05, 0) is 44.0 Å². The molecule has 0 bridgehead atoms. The molecule has 0 radical (unpaired) electrons. The summed E-state index contributed by atoms with van der Waals surface area (Å²) in [6.07, 6.45) is 5.95. The molecule has 1 N–H and O–H groups in total. The standard InChI is InChI=1S/C20H29FN2O3S/c1-23(18-9-12-27(25,26)14-18)13-19(24)22-15-20(10-3-2-4-11-20)16-5-7-17(21)8-6-16/h5-8,18H,2-4,9-15H2,1H3,(H,22,24). The van der Waals surface area contributed by atoms with Gasteiger partial charge in [0.15, 0.2) is 9.84 Å². The van der Waals surface area contributed by atoms with E-state index in [1.54, 1.807) is 7.05 Å². The molecule has 1 saturated heterocycles. The number of rotatable bonds is 6. The molecule has 0 aromatic heterocycles. The fraction of sp³-hybridized carbons (Fsp3) is 0.650. The van der Waals surface area contributed by atoms with Gasteiger partial charge in [0.1, 0.15) is 5.82 Å². The first-order valence-corrected chi connectivity index (χ1v) is 11.6. The summed E-state index contributed by atoms with van der Waals surface area (Å²) in [7, 11) is -1.15. The summed E-state index contributed by atoms with van der Waals surface area (Å²) in [6.45, 7) is 0.730. The summed E-state index contributed by atoms with van der Waals surface area (Å²) < 4.78 is 36.6. The van der Waals surface area contributed by atoms with Crippen LogP contribution in [0.1, 0.15) is 44.1 Å². The zero-order chi connectivity index (χ0) is 19.5. The molecule has 0 spiro atoms. The van der Waals surface area contributed by atoms with E-state index in [0.29, 0.717) is 13.0 Å². The van der Waals surface area contributed by atoms with Crippen LogP contribution in [0.3, 0.4) is 0 Å². The smallest absolute Gasteiger partial charge is 0.234 e. The minimum Gasteiger partial charge on any atom is -0.354 e. The molecule has 1 unspecified atom stereocenters. The third-order valence-electron chi connectivity index (χ3n) is 6.12. The van der Waals surface area contributed by atoms with Crippen molar-refractivity contribution in [2.45, 2.75) is 50.0 Å². The van der Waals surface area contributed by atoms with Crippen molar-refractivity contribution in [1.29, 1.82) is 0 Å². The Balaban J connectivity index is 1.60. The molecule has 1 aromatic rings. The highest BCUT2D eigenvalue weighted by atomic mass is 32.2. The summed E-state index contributed by atoms with van der Waals surface area (Å²) in [5, 5.41) is 3.06. The second-order valence-corrected chi connectivity index (χ2v) is 10.3. The average molecular weight is 397 g/mol. The lowest BCUT2D eigenvalue weighted by molar-refractivity contribution is -0.122. The van der Waals surface area contributed by atoms with Crippen LogP contribution >= 0.6 is 0 Å². The van der Waals surface area contributed by atoms with Crippen molar-refractivity contribution in [3.8, 4) is 0 Å². The average Bonchev–Trinajstić information content (AvgIpc) is 3.01. The first-order chi connectivity index (χ1) is 12.8. The Morgan fingerprint density at radius 3 is 2.48 bits per heavy atom. The van der Waals surface area contributed by atoms with Crippen LogP contribution in [0.25, 0.3) is 0 Å². The molecule has 2 aliphatic rings. The van der Waals surface area contributed by atoms with Crippen molar-refractivity contribution in [2.75, 3.05) is 31.6 Å². The number of hydrogen-bond acceptors (Lipinski definition) is 4. The third-order valence-corrected chi connectivity index (χ3v) is 7.87. The monoisotopic (exact) mass is 396 g/mol. The number of benzene rings is 1. The van der Waals surface area contributed by atoms with Gasteiger partial charge in [0.05, 0.1) is 18.1 Å². The predicted molar refractivity (Wildman–Crippen MR) is 104 cm³/mol. The molecule has 7 heteroatoms. The highest BCUT2D eigenvalue weighted by Crippen LogP contribution is 2.39.